The molecule has 16 heavy (non-hydrogen) atoms. The lowest BCUT2D eigenvalue weighted by molar-refractivity contribution is -0.179. The lowest BCUT2D eigenvalue weighted by atomic mass is 10.1. The molecular formula is C13H30O2Si. The van der Waals surface area contributed by atoms with E-state index in [-0.39, 0.29) is 9.76 Å². The van der Waals surface area contributed by atoms with Gasteiger partial charge in [-0.05, 0) is 6.04 Å². The maximum atomic E-state index is 4.95. The highest BCUT2D eigenvalue weighted by Crippen LogP contribution is 2.11. The molecule has 0 aromatic heterocycles. The van der Waals surface area contributed by atoms with Gasteiger partial charge >= 0.3 is 0 Å². The molecule has 0 rings (SSSR count). The molecule has 0 aromatic rings. The molecule has 0 aromatic carbocycles. The number of rotatable bonds is 13. The zero-order chi connectivity index (χ0) is 11.9. The van der Waals surface area contributed by atoms with Crippen molar-refractivity contribution in [3.05, 3.63) is 0 Å². The van der Waals surface area contributed by atoms with Crippen molar-refractivity contribution in [1.82, 2.24) is 0 Å². The molecule has 0 amide bonds. The van der Waals surface area contributed by atoms with Gasteiger partial charge in [-0.1, -0.05) is 71.1 Å². The Bertz CT molecular complexity index is 107. The molecule has 0 aliphatic rings. The maximum Gasteiger partial charge on any atom is 0.208 e. The Labute approximate surface area is 104 Å². The van der Waals surface area contributed by atoms with E-state index in [4.69, 9.17) is 4.58 Å². The second-order valence-corrected chi connectivity index (χ2v) is 5.88. The molecule has 0 unspecified atom stereocenters. The molecule has 0 bridgehead atoms. The minimum atomic E-state index is -0.364. The summed E-state index contributed by atoms with van der Waals surface area (Å²) in [6, 6.07) is 1.27. The fraction of sp³-hybridized carbons (Fsp3) is 1.00. The third-order valence-corrected chi connectivity index (χ3v) is 4.14. The van der Waals surface area contributed by atoms with E-state index in [0.717, 1.165) is 0 Å². The van der Waals surface area contributed by atoms with Gasteiger partial charge in [0.05, 0.1) is 7.11 Å². The van der Waals surface area contributed by atoms with E-state index in [0.29, 0.717) is 0 Å². The van der Waals surface area contributed by atoms with Gasteiger partial charge in [-0.2, -0.15) is 0 Å². The molecule has 3 heteroatoms. The summed E-state index contributed by atoms with van der Waals surface area (Å²) in [5.41, 5.74) is 0. The number of hydrogen-bond donors (Lipinski definition) is 0. The summed E-state index contributed by atoms with van der Waals surface area (Å²) >= 11 is 0. The van der Waals surface area contributed by atoms with Crippen LogP contribution in [0.3, 0.4) is 0 Å². The molecule has 0 atom stereocenters. The van der Waals surface area contributed by atoms with Crippen LogP contribution < -0.4 is 0 Å². The van der Waals surface area contributed by atoms with Crippen LogP contribution >= 0.6 is 0 Å². The Hall–Kier alpha value is 0.137. The highest BCUT2D eigenvalue weighted by atomic mass is 28.2. The van der Waals surface area contributed by atoms with Gasteiger partial charge in [0.25, 0.3) is 0 Å². The van der Waals surface area contributed by atoms with Gasteiger partial charge in [0.2, 0.25) is 9.76 Å². The van der Waals surface area contributed by atoms with Crippen LogP contribution in [0.4, 0.5) is 0 Å². The summed E-state index contributed by atoms with van der Waals surface area (Å²) in [5.74, 6) is 0. The normalized spacial score (nSPS) is 11.6. The second-order valence-electron chi connectivity index (χ2n) is 4.52. The Morgan fingerprint density at radius 3 is 1.75 bits per heavy atom. The summed E-state index contributed by atoms with van der Waals surface area (Å²) in [7, 11) is 1.24. The van der Waals surface area contributed by atoms with Gasteiger partial charge in [-0.15, -0.1) is 0 Å². The highest BCUT2D eigenvalue weighted by Gasteiger charge is 1.93. The summed E-state index contributed by atoms with van der Waals surface area (Å²) < 4.78 is 4.95. The summed E-state index contributed by atoms with van der Waals surface area (Å²) in [4.78, 5) is 4.60. The number of unbranched alkanes of at least 4 members (excludes halogenated alkanes) is 9. The van der Waals surface area contributed by atoms with Crippen molar-refractivity contribution in [1.29, 1.82) is 0 Å². The molecule has 2 nitrogen and oxygen atoms in total. The predicted molar refractivity (Wildman–Crippen MR) is 73.3 cm³/mol. The van der Waals surface area contributed by atoms with E-state index in [1.807, 2.05) is 0 Å². The van der Waals surface area contributed by atoms with E-state index in [1.165, 1.54) is 70.3 Å². The molecule has 98 valence electrons. The van der Waals surface area contributed by atoms with Crippen molar-refractivity contribution in [2.45, 2.75) is 77.2 Å². The first-order valence-electron chi connectivity index (χ1n) is 7.07. The molecule has 0 aliphatic heterocycles. The van der Waals surface area contributed by atoms with Crippen LogP contribution in [0, 0.1) is 0 Å². The smallest absolute Gasteiger partial charge is 0.208 e. The molecule has 0 N–H and O–H groups in total. The van der Waals surface area contributed by atoms with Gasteiger partial charge in [0.1, 0.15) is 0 Å². The van der Waals surface area contributed by atoms with E-state index >= 15 is 0 Å². The SMILES string of the molecule is CCCCCCCCCCCC[SiH2]OOC. The molecule has 0 fully saturated rings. The van der Waals surface area contributed by atoms with Crippen LogP contribution in [0.25, 0.3) is 0 Å². The predicted octanol–water partition coefficient (Wildman–Crippen LogP) is 3.99. The first kappa shape index (κ1) is 16.1. The van der Waals surface area contributed by atoms with E-state index in [1.54, 1.807) is 7.11 Å². The van der Waals surface area contributed by atoms with Crippen molar-refractivity contribution in [2.75, 3.05) is 7.11 Å². The van der Waals surface area contributed by atoms with Gasteiger partial charge in [0.15, 0.2) is 0 Å². The second kappa shape index (κ2) is 15.1. The minimum Gasteiger partial charge on any atom is -0.295 e. The van der Waals surface area contributed by atoms with Crippen LogP contribution in [-0.4, -0.2) is 16.9 Å². The Morgan fingerprint density at radius 1 is 0.750 bits per heavy atom. The quantitative estimate of drug-likeness (QED) is 0.212. The van der Waals surface area contributed by atoms with Crippen LogP contribution in [-0.2, 0) is 9.46 Å². The third kappa shape index (κ3) is 14.1. The Kier molecular flexibility index (Phi) is 15.3. The lowest BCUT2D eigenvalue weighted by Crippen LogP contribution is -1.96. The van der Waals surface area contributed by atoms with Crippen molar-refractivity contribution in [3.63, 3.8) is 0 Å². The lowest BCUT2D eigenvalue weighted by Gasteiger charge is -2.02. The average Bonchev–Trinajstić information content (AvgIpc) is 2.31. The average molecular weight is 246 g/mol. The highest BCUT2D eigenvalue weighted by molar-refractivity contribution is 6.26. The molecule has 0 heterocycles. The van der Waals surface area contributed by atoms with E-state index in [2.05, 4.69) is 11.8 Å². The van der Waals surface area contributed by atoms with Crippen LogP contribution in [0.5, 0.6) is 0 Å². The Morgan fingerprint density at radius 2 is 1.25 bits per heavy atom. The van der Waals surface area contributed by atoms with Crippen molar-refractivity contribution >= 4 is 9.76 Å². The first-order chi connectivity index (χ1) is 7.91. The van der Waals surface area contributed by atoms with Crippen LogP contribution in [0.2, 0.25) is 6.04 Å². The fourth-order valence-electron chi connectivity index (χ4n) is 1.91. The van der Waals surface area contributed by atoms with Gasteiger partial charge in [0, 0.05) is 0 Å². The molecule has 0 radical (unpaired) electrons. The van der Waals surface area contributed by atoms with Crippen LogP contribution in [0.1, 0.15) is 71.1 Å². The molecule has 0 saturated carbocycles. The Balaban J connectivity index is 2.83. The van der Waals surface area contributed by atoms with Crippen LogP contribution in [0.15, 0.2) is 0 Å². The van der Waals surface area contributed by atoms with Gasteiger partial charge in [-0.25, -0.2) is 0 Å². The van der Waals surface area contributed by atoms with Crippen molar-refractivity contribution in [3.8, 4) is 0 Å². The fourth-order valence-corrected chi connectivity index (χ4v) is 2.75. The molecular weight excluding hydrogens is 216 g/mol. The zero-order valence-electron chi connectivity index (χ0n) is 11.3. The van der Waals surface area contributed by atoms with Gasteiger partial charge < -0.3 is 0 Å². The van der Waals surface area contributed by atoms with Crippen molar-refractivity contribution in [2.24, 2.45) is 0 Å². The van der Waals surface area contributed by atoms with E-state index in [9.17, 15) is 0 Å². The topological polar surface area (TPSA) is 18.5 Å². The number of hydrogen-bond acceptors (Lipinski definition) is 2. The molecule has 0 spiro atoms. The third-order valence-electron chi connectivity index (χ3n) is 2.95. The zero-order valence-corrected chi connectivity index (χ0v) is 12.7. The van der Waals surface area contributed by atoms with Gasteiger partial charge in [-0.3, -0.25) is 9.46 Å². The summed E-state index contributed by atoms with van der Waals surface area (Å²) in [6.45, 7) is 2.27. The summed E-state index contributed by atoms with van der Waals surface area (Å²) in [5, 5.41) is 0. The largest absolute Gasteiger partial charge is 0.295 e. The minimum absolute atomic E-state index is 0.364. The van der Waals surface area contributed by atoms with Crippen molar-refractivity contribution < 1.29 is 9.46 Å². The summed E-state index contributed by atoms with van der Waals surface area (Å²) in [6.07, 6.45) is 14.1. The maximum absolute atomic E-state index is 4.95. The first-order valence-corrected chi connectivity index (χ1v) is 8.65. The molecule has 0 saturated heterocycles. The monoisotopic (exact) mass is 246 g/mol. The van der Waals surface area contributed by atoms with E-state index < -0.39 is 0 Å². The standard InChI is InChI=1S/C13H30O2Si/c1-3-4-5-6-7-8-9-10-11-12-13-16-15-14-2/h3-13,16H2,1-2H3. The molecule has 0 aliphatic carbocycles.